The fourth-order valence-electron chi connectivity index (χ4n) is 1.47. The van der Waals surface area contributed by atoms with Crippen LogP contribution in [0.15, 0.2) is 40.1 Å². The second-order valence-electron chi connectivity index (χ2n) is 3.43. The lowest BCUT2D eigenvalue weighted by atomic mass is 10.3. The first-order chi connectivity index (χ1) is 7.79. The topological polar surface area (TPSA) is 62.5 Å². The van der Waals surface area contributed by atoms with Crippen LogP contribution in [0, 0.1) is 6.92 Å². The van der Waals surface area contributed by atoms with Crippen molar-refractivity contribution in [1.82, 2.24) is 5.16 Å². The second-order valence-corrected chi connectivity index (χ2v) is 3.43. The summed E-state index contributed by atoms with van der Waals surface area (Å²) in [5.74, 6) is 0.765. The Balaban J connectivity index is 0.00000144. The molecule has 0 saturated carbocycles. The van der Waals surface area contributed by atoms with Crippen molar-refractivity contribution in [3.05, 3.63) is 47.6 Å². The van der Waals surface area contributed by atoms with Gasteiger partial charge in [0.25, 0.3) is 0 Å². The predicted molar refractivity (Wildman–Crippen MR) is 56.4 cm³/mol. The molecule has 0 aliphatic carbocycles. The van der Waals surface area contributed by atoms with Gasteiger partial charge in [0.2, 0.25) is 18.0 Å². The van der Waals surface area contributed by atoms with E-state index in [1.54, 1.807) is 0 Å². The third-order valence-electron chi connectivity index (χ3n) is 2.17. The van der Waals surface area contributed by atoms with Gasteiger partial charge in [-0.25, -0.2) is 0 Å². The molecule has 90 valence electrons. The monoisotopic (exact) mass is 297 g/mol. The van der Waals surface area contributed by atoms with Crippen molar-refractivity contribution in [3.63, 3.8) is 0 Å². The van der Waals surface area contributed by atoms with E-state index in [0.717, 1.165) is 17.1 Å². The molecular formula is C11H12BrN3O2. The molecule has 17 heavy (non-hydrogen) atoms. The lowest BCUT2D eigenvalue weighted by Crippen LogP contribution is -3.00. The maximum atomic E-state index is 8.53. The number of hydrogen-bond acceptors (Lipinski definition) is 4. The van der Waals surface area contributed by atoms with Crippen LogP contribution in [-0.4, -0.2) is 16.6 Å². The molecular weight excluding hydrogens is 286 g/mol. The Morgan fingerprint density at radius 2 is 2.35 bits per heavy atom. The summed E-state index contributed by atoms with van der Waals surface area (Å²) in [6.07, 6.45) is 3.26. The molecule has 0 radical (unpaired) electrons. The second kappa shape index (κ2) is 6.15. The summed E-state index contributed by atoms with van der Waals surface area (Å²) >= 11 is 0. The molecule has 0 spiro atoms. The number of halogens is 1. The van der Waals surface area contributed by atoms with Gasteiger partial charge in [-0.15, -0.1) is 0 Å². The number of nitrogens with zero attached hydrogens (tertiary/aromatic N) is 3. The van der Waals surface area contributed by atoms with E-state index in [9.17, 15) is 0 Å². The van der Waals surface area contributed by atoms with Gasteiger partial charge in [0.05, 0.1) is 5.69 Å². The highest BCUT2D eigenvalue weighted by Crippen LogP contribution is 2.01. The summed E-state index contributed by atoms with van der Waals surface area (Å²) in [7, 11) is 0. The fourth-order valence-corrected chi connectivity index (χ4v) is 1.47. The minimum Gasteiger partial charge on any atom is -1.00 e. The number of aromatic nitrogens is 2. The summed E-state index contributed by atoms with van der Waals surface area (Å²) in [4.78, 5) is 0. The third-order valence-corrected chi connectivity index (χ3v) is 2.17. The van der Waals surface area contributed by atoms with E-state index in [-0.39, 0.29) is 17.0 Å². The van der Waals surface area contributed by atoms with Crippen molar-refractivity contribution in [2.45, 2.75) is 13.5 Å². The molecule has 2 aromatic heterocycles. The largest absolute Gasteiger partial charge is 1.00 e. The quantitative estimate of drug-likeness (QED) is 0.313. The van der Waals surface area contributed by atoms with Crippen molar-refractivity contribution in [2.24, 2.45) is 5.16 Å². The van der Waals surface area contributed by atoms with E-state index in [2.05, 4.69) is 10.3 Å². The van der Waals surface area contributed by atoms with Crippen molar-refractivity contribution in [1.29, 1.82) is 0 Å². The smallest absolute Gasteiger partial charge is 0.227 e. The first-order valence-corrected chi connectivity index (χ1v) is 4.87. The van der Waals surface area contributed by atoms with Gasteiger partial charge in [-0.05, 0) is 13.0 Å². The van der Waals surface area contributed by atoms with E-state index in [1.165, 1.54) is 6.21 Å². The molecule has 0 unspecified atom stereocenters. The van der Waals surface area contributed by atoms with Crippen LogP contribution >= 0.6 is 0 Å². The highest BCUT2D eigenvalue weighted by Gasteiger charge is 2.11. The van der Waals surface area contributed by atoms with Gasteiger partial charge in [0.1, 0.15) is 6.21 Å². The number of aryl methyl sites for hydroxylation is 1. The summed E-state index contributed by atoms with van der Waals surface area (Å²) in [6.45, 7) is 2.43. The summed E-state index contributed by atoms with van der Waals surface area (Å²) in [6, 6.07) is 7.50. The first kappa shape index (κ1) is 13.4. The van der Waals surface area contributed by atoms with Crippen molar-refractivity contribution in [2.75, 3.05) is 0 Å². The van der Waals surface area contributed by atoms with E-state index in [1.807, 2.05) is 42.0 Å². The zero-order chi connectivity index (χ0) is 11.4. The molecule has 2 aromatic rings. The molecule has 2 rings (SSSR count). The standard InChI is InChI=1S/C11H11N3O2.BrH/c1-9-6-11(16-13-9)8-14-5-3-2-4-10(14)7-12-15;/h2-7H,8H2,1H3;1H. The molecule has 0 fully saturated rings. The minimum atomic E-state index is 0. The highest BCUT2D eigenvalue weighted by molar-refractivity contribution is 5.74. The van der Waals surface area contributed by atoms with Crippen molar-refractivity contribution >= 4 is 6.21 Å². The van der Waals surface area contributed by atoms with Crippen LogP contribution < -0.4 is 21.5 Å². The Morgan fingerprint density at radius 1 is 1.53 bits per heavy atom. The lowest BCUT2D eigenvalue weighted by molar-refractivity contribution is -0.691. The van der Waals surface area contributed by atoms with Crippen molar-refractivity contribution < 1.29 is 31.3 Å². The number of rotatable bonds is 3. The fraction of sp³-hybridized carbons (Fsp3) is 0.182. The van der Waals surface area contributed by atoms with Gasteiger partial charge >= 0.3 is 0 Å². The zero-order valence-corrected chi connectivity index (χ0v) is 10.8. The zero-order valence-electron chi connectivity index (χ0n) is 9.25. The molecule has 5 nitrogen and oxygen atoms in total. The molecule has 0 atom stereocenters. The van der Waals surface area contributed by atoms with Gasteiger partial charge in [-0.1, -0.05) is 10.3 Å². The molecule has 0 aromatic carbocycles. The Bertz CT molecular complexity index is 511. The first-order valence-electron chi connectivity index (χ1n) is 4.87. The van der Waals surface area contributed by atoms with Crippen LogP contribution in [0.2, 0.25) is 0 Å². The maximum absolute atomic E-state index is 8.53. The van der Waals surface area contributed by atoms with Gasteiger partial charge in [-0.2, -0.15) is 4.57 Å². The summed E-state index contributed by atoms with van der Waals surface area (Å²) in [5.41, 5.74) is 1.64. The molecule has 0 aliphatic heterocycles. The maximum Gasteiger partial charge on any atom is 0.227 e. The average molecular weight is 298 g/mol. The third kappa shape index (κ3) is 3.39. The highest BCUT2D eigenvalue weighted by atomic mass is 79.9. The molecule has 1 N–H and O–H groups in total. The molecule has 0 amide bonds. The average Bonchev–Trinajstić information content (AvgIpc) is 2.67. The van der Waals surface area contributed by atoms with E-state index in [0.29, 0.717) is 6.54 Å². The van der Waals surface area contributed by atoms with Gasteiger partial charge in [0, 0.05) is 18.2 Å². The van der Waals surface area contributed by atoms with Crippen LogP contribution in [0.3, 0.4) is 0 Å². The van der Waals surface area contributed by atoms with E-state index in [4.69, 9.17) is 9.73 Å². The molecule has 0 saturated heterocycles. The minimum absolute atomic E-state index is 0. The SMILES string of the molecule is Cc1cc(C[n+]2ccccc2/C=N/O)on1.[Br-]. The van der Waals surface area contributed by atoms with Gasteiger partial charge in [0.15, 0.2) is 6.20 Å². The normalized spacial score (nSPS) is 10.4. The Morgan fingerprint density at radius 3 is 3.00 bits per heavy atom. The van der Waals surface area contributed by atoms with E-state index < -0.39 is 0 Å². The Hall–Kier alpha value is -1.69. The van der Waals surface area contributed by atoms with Crippen LogP contribution in [0.5, 0.6) is 0 Å². The van der Waals surface area contributed by atoms with Crippen LogP contribution in [-0.2, 0) is 6.54 Å². The predicted octanol–water partition coefficient (Wildman–Crippen LogP) is -1.87. The van der Waals surface area contributed by atoms with Crippen LogP contribution in [0.1, 0.15) is 17.1 Å². The van der Waals surface area contributed by atoms with Crippen molar-refractivity contribution in [3.8, 4) is 0 Å². The Kier molecular flexibility index (Phi) is 4.84. The number of pyridine rings is 1. The molecule has 2 heterocycles. The molecule has 0 aliphatic rings. The van der Waals surface area contributed by atoms with Crippen LogP contribution in [0.25, 0.3) is 0 Å². The number of hydrogen-bond donors (Lipinski definition) is 1. The number of oxime groups is 1. The molecule has 6 heteroatoms. The summed E-state index contributed by atoms with van der Waals surface area (Å²) < 4.78 is 7.03. The van der Waals surface area contributed by atoms with Crippen LogP contribution in [0.4, 0.5) is 0 Å². The lowest BCUT2D eigenvalue weighted by Gasteiger charge is -1.95. The summed E-state index contributed by atoms with van der Waals surface area (Å²) in [5, 5.41) is 15.4. The van der Waals surface area contributed by atoms with Gasteiger partial charge < -0.3 is 26.7 Å². The van der Waals surface area contributed by atoms with Gasteiger partial charge in [-0.3, -0.25) is 0 Å². The van der Waals surface area contributed by atoms with E-state index >= 15 is 0 Å². The Labute approximate surface area is 109 Å². The molecule has 0 bridgehead atoms.